The normalized spacial score (nSPS) is 15.4. The smallest absolute Gasteiger partial charge is 0.278 e. The van der Waals surface area contributed by atoms with Gasteiger partial charge in [0.1, 0.15) is 0 Å². The summed E-state index contributed by atoms with van der Waals surface area (Å²) in [6.07, 6.45) is 4.44. The van der Waals surface area contributed by atoms with Crippen molar-refractivity contribution < 1.29 is 4.79 Å². The summed E-state index contributed by atoms with van der Waals surface area (Å²) in [6.45, 7) is 1.56. The van der Waals surface area contributed by atoms with Crippen LogP contribution in [-0.2, 0) is 0 Å². The van der Waals surface area contributed by atoms with Crippen LogP contribution in [0.2, 0.25) is 5.02 Å². The Bertz CT molecular complexity index is 649. The molecule has 1 aliphatic heterocycles. The fraction of sp³-hybridized carbons (Fsp3) is 0.400. The highest BCUT2D eigenvalue weighted by Gasteiger charge is 2.23. The Morgan fingerprint density at radius 1 is 1.18 bits per heavy atom. The second-order valence-corrected chi connectivity index (χ2v) is 5.80. The first-order chi connectivity index (χ1) is 10.7. The summed E-state index contributed by atoms with van der Waals surface area (Å²) in [5, 5.41) is 14.3. The van der Waals surface area contributed by atoms with Crippen molar-refractivity contribution in [3.63, 3.8) is 0 Å². The molecule has 3 rings (SSSR count). The van der Waals surface area contributed by atoms with E-state index >= 15 is 0 Å². The highest BCUT2D eigenvalue weighted by molar-refractivity contribution is 6.30. The molecule has 1 aliphatic rings. The van der Waals surface area contributed by atoms with E-state index in [0.29, 0.717) is 16.5 Å². The van der Waals surface area contributed by atoms with Crippen molar-refractivity contribution in [1.29, 1.82) is 0 Å². The molecule has 0 bridgehead atoms. The quantitative estimate of drug-likeness (QED) is 0.911. The number of amides is 1. The van der Waals surface area contributed by atoms with Gasteiger partial charge in [0.15, 0.2) is 11.5 Å². The molecule has 2 aromatic rings. The van der Waals surface area contributed by atoms with Crippen LogP contribution in [0.15, 0.2) is 24.3 Å². The van der Waals surface area contributed by atoms with E-state index in [2.05, 4.69) is 20.7 Å². The van der Waals surface area contributed by atoms with E-state index in [1.165, 1.54) is 12.8 Å². The first-order valence-corrected chi connectivity index (χ1v) is 7.84. The van der Waals surface area contributed by atoms with Crippen LogP contribution >= 0.6 is 11.6 Å². The summed E-state index contributed by atoms with van der Waals surface area (Å²) >= 11 is 5.97. The average Bonchev–Trinajstić information content (AvgIpc) is 2.80. The zero-order valence-electron chi connectivity index (χ0n) is 12.2. The molecule has 0 atom stereocenters. The van der Waals surface area contributed by atoms with Crippen LogP contribution < -0.4 is 5.32 Å². The van der Waals surface area contributed by atoms with Gasteiger partial charge in [0.05, 0.1) is 0 Å². The number of aromatic amines is 1. The summed E-state index contributed by atoms with van der Waals surface area (Å²) in [5.41, 5.74) is 1.09. The minimum absolute atomic E-state index is 0.0832. The van der Waals surface area contributed by atoms with Gasteiger partial charge in [-0.25, -0.2) is 0 Å². The van der Waals surface area contributed by atoms with Crippen molar-refractivity contribution in [3.05, 3.63) is 35.0 Å². The number of likely N-dealkylation sites (tertiary alicyclic amines) is 1. The zero-order chi connectivity index (χ0) is 15.4. The lowest BCUT2D eigenvalue weighted by molar-refractivity contribution is 0.0756. The van der Waals surface area contributed by atoms with Gasteiger partial charge >= 0.3 is 0 Å². The Morgan fingerprint density at radius 3 is 2.68 bits per heavy atom. The van der Waals surface area contributed by atoms with Crippen LogP contribution in [-0.4, -0.2) is 39.3 Å². The Kier molecular flexibility index (Phi) is 4.58. The molecule has 0 unspecified atom stereocenters. The van der Waals surface area contributed by atoms with Crippen LogP contribution in [0.1, 0.15) is 36.2 Å². The van der Waals surface area contributed by atoms with Gasteiger partial charge in [0, 0.05) is 23.8 Å². The molecule has 0 radical (unpaired) electrons. The molecule has 0 spiro atoms. The van der Waals surface area contributed by atoms with E-state index in [1.54, 1.807) is 12.1 Å². The van der Waals surface area contributed by atoms with Crippen LogP contribution in [0.4, 0.5) is 11.5 Å². The number of carbonyl (C=O) groups excluding carboxylic acids is 1. The number of halogens is 1. The lowest BCUT2D eigenvalue weighted by Crippen LogP contribution is -2.32. The summed E-state index contributed by atoms with van der Waals surface area (Å²) in [7, 11) is 0. The van der Waals surface area contributed by atoms with Crippen LogP contribution in [0.5, 0.6) is 0 Å². The van der Waals surface area contributed by atoms with E-state index in [0.717, 1.165) is 31.6 Å². The molecule has 7 heteroatoms. The number of anilines is 2. The number of hydrogen-bond acceptors (Lipinski definition) is 4. The van der Waals surface area contributed by atoms with Gasteiger partial charge < -0.3 is 10.2 Å². The minimum atomic E-state index is -0.0832. The lowest BCUT2D eigenvalue weighted by Gasteiger charge is -2.19. The highest BCUT2D eigenvalue weighted by Crippen LogP contribution is 2.22. The molecule has 2 heterocycles. The molecular weight excluding hydrogens is 302 g/mol. The van der Waals surface area contributed by atoms with Gasteiger partial charge in [-0.3, -0.25) is 4.79 Å². The van der Waals surface area contributed by atoms with Gasteiger partial charge in [0.25, 0.3) is 5.91 Å². The molecule has 1 saturated heterocycles. The van der Waals surface area contributed by atoms with Gasteiger partial charge in [-0.1, -0.05) is 30.5 Å². The molecule has 1 aromatic heterocycles. The highest BCUT2D eigenvalue weighted by atomic mass is 35.5. The number of nitrogens with one attached hydrogen (secondary N) is 2. The minimum Gasteiger partial charge on any atom is -0.337 e. The molecular formula is C15H18ClN5O. The molecule has 2 N–H and O–H groups in total. The fourth-order valence-electron chi connectivity index (χ4n) is 2.59. The van der Waals surface area contributed by atoms with Gasteiger partial charge in [-0.05, 0) is 31.0 Å². The zero-order valence-corrected chi connectivity index (χ0v) is 12.9. The van der Waals surface area contributed by atoms with Crippen LogP contribution in [0.25, 0.3) is 0 Å². The number of H-pyrrole nitrogens is 1. The summed E-state index contributed by atoms with van der Waals surface area (Å²) < 4.78 is 0. The van der Waals surface area contributed by atoms with E-state index in [9.17, 15) is 4.79 Å². The Balaban J connectivity index is 1.77. The van der Waals surface area contributed by atoms with Crippen molar-refractivity contribution in [1.82, 2.24) is 20.3 Å². The molecule has 1 fully saturated rings. The Hall–Kier alpha value is -2.08. The predicted molar refractivity (Wildman–Crippen MR) is 85.5 cm³/mol. The van der Waals surface area contributed by atoms with E-state index < -0.39 is 0 Å². The maximum absolute atomic E-state index is 12.6. The molecule has 116 valence electrons. The van der Waals surface area contributed by atoms with E-state index in [1.807, 2.05) is 17.0 Å². The SMILES string of the molecule is O=C(c1n[nH]nc1Nc1cccc(Cl)c1)N1CCCCCC1. The third-order valence-electron chi connectivity index (χ3n) is 3.73. The Morgan fingerprint density at radius 2 is 1.95 bits per heavy atom. The summed E-state index contributed by atoms with van der Waals surface area (Å²) in [6, 6.07) is 7.26. The molecule has 0 saturated carbocycles. The van der Waals surface area contributed by atoms with E-state index in [-0.39, 0.29) is 5.91 Å². The van der Waals surface area contributed by atoms with Crippen LogP contribution in [0.3, 0.4) is 0 Å². The molecule has 0 aliphatic carbocycles. The number of nitrogens with zero attached hydrogens (tertiary/aromatic N) is 3. The fourth-order valence-corrected chi connectivity index (χ4v) is 2.78. The number of carbonyl (C=O) groups is 1. The van der Waals surface area contributed by atoms with Crippen molar-refractivity contribution in [2.24, 2.45) is 0 Å². The van der Waals surface area contributed by atoms with Gasteiger partial charge in [-0.2, -0.15) is 5.21 Å². The number of rotatable bonds is 3. The van der Waals surface area contributed by atoms with Crippen LogP contribution in [0, 0.1) is 0 Å². The van der Waals surface area contributed by atoms with Crippen molar-refractivity contribution in [2.45, 2.75) is 25.7 Å². The third-order valence-corrected chi connectivity index (χ3v) is 3.97. The number of aromatic nitrogens is 3. The van der Waals surface area contributed by atoms with E-state index in [4.69, 9.17) is 11.6 Å². The molecule has 1 aromatic carbocycles. The van der Waals surface area contributed by atoms with Crippen molar-refractivity contribution in [3.8, 4) is 0 Å². The standard InChI is InChI=1S/C15H18ClN5O/c16-11-6-5-7-12(10-11)17-14-13(18-20-19-14)15(22)21-8-3-1-2-4-9-21/h5-7,10H,1-4,8-9H2,(H2,17,18,19,20). The summed E-state index contributed by atoms with van der Waals surface area (Å²) in [5.74, 6) is 0.344. The first-order valence-electron chi connectivity index (χ1n) is 7.46. The van der Waals surface area contributed by atoms with Crippen molar-refractivity contribution >= 4 is 29.0 Å². The second kappa shape index (κ2) is 6.79. The number of hydrogen-bond donors (Lipinski definition) is 2. The maximum Gasteiger partial charge on any atom is 0.278 e. The number of benzene rings is 1. The predicted octanol–water partition coefficient (Wildman–Crippen LogP) is 3.22. The average molecular weight is 320 g/mol. The monoisotopic (exact) mass is 319 g/mol. The Labute approximate surface area is 133 Å². The maximum atomic E-state index is 12.6. The molecule has 6 nitrogen and oxygen atoms in total. The van der Waals surface area contributed by atoms with Gasteiger partial charge in [0.2, 0.25) is 0 Å². The molecule has 22 heavy (non-hydrogen) atoms. The topological polar surface area (TPSA) is 73.9 Å². The first kappa shape index (κ1) is 14.8. The third kappa shape index (κ3) is 3.39. The van der Waals surface area contributed by atoms with Crippen molar-refractivity contribution in [2.75, 3.05) is 18.4 Å². The lowest BCUT2D eigenvalue weighted by atomic mass is 10.2. The summed E-state index contributed by atoms with van der Waals surface area (Å²) in [4.78, 5) is 14.5. The second-order valence-electron chi connectivity index (χ2n) is 5.36. The van der Waals surface area contributed by atoms with Gasteiger partial charge in [-0.15, -0.1) is 10.2 Å². The largest absolute Gasteiger partial charge is 0.337 e. The molecule has 1 amide bonds.